The number of nitrogens with one attached hydrogen (secondary N) is 2. The molecule has 14 nitrogen and oxygen atoms in total. The van der Waals surface area contributed by atoms with Crippen molar-refractivity contribution in [3.63, 3.8) is 0 Å². The van der Waals surface area contributed by atoms with E-state index in [9.17, 15) is 19.2 Å². The number of ether oxygens (including phenoxy) is 2. The van der Waals surface area contributed by atoms with E-state index in [0.29, 0.717) is 22.2 Å². The van der Waals surface area contributed by atoms with Gasteiger partial charge in [-0.25, -0.2) is 23.7 Å². The molecule has 2 N–H and O–H groups in total. The first-order chi connectivity index (χ1) is 36.0. The number of hydrogen-bond acceptors (Lipinski definition) is 13. The van der Waals surface area contributed by atoms with E-state index in [1.807, 2.05) is 187 Å². The number of hydrogen-bond donors (Lipinski definition) is 2. The average Bonchev–Trinajstić information content (AvgIpc) is 4.02. The highest BCUT2D eigenvalue weighted by molar-refractivity contribution is 8.01. The SMILES string of the molecule is Cn1cc[n+](C)c1SCC1=C(C(=O)OC(c2ccccc2)c2ccccc2)N2C(=O)[C@@H](NC(=O)/C(=N\OC(C)(C)C(=O)OC(C)(C)C)c3csc(NC(c4ccccc4)(c4ccccc4)c4ccccc4)n3)[C@H]2SC1. The number of thioether (sulfide) groups is 2. The number of nitrogens with zero attached hydrogens (tertiary/aromatic N) is 5. The summed E-state index contributed by atoms with van der Waals surface area (Å²) in [4.78, 5) is 70.2. The monoisotopic (exact) mass is 1060 g/mol. The molecule has 2 atom stereocenters. The first-order valence-electron chi connectivity index (χ1n) is 24.4. The van der Waals surface area contributed by atoms with E-state index in [-0.39, 0.29) is 17.1 Å². The molecule has 9 rings (SSSR count). The number of thiazole rings is 1. The second-order valence-corrected chi connectivity index (χ2v) is 22.5. The summed E-state index contributed by atoms with van der Waals surface area (Å²) in [5, 5.41) is 13.4. The van der Waals surface area contributed by atoms with Crippen LogP contribution in [0.2, 0.25) is 0 Å². The lowest BCUT2D eigenvalue weighted by atomic mass is 9.77. The summed E-state index contributed by atoms with van der Waals surface area (Å²) in [7, 11) is 3.90. The summed E-state index contributed by atoms with van der Waals surface area (Å²) in [5.41, 5.74) is 1.60. The molecule has 384 valence electrons. The van der Waals surface area contributed by atoms with Crippen LogP contribution in [0.5, 0.6) is 0 Å². The second kappa shape index (κ2) is 22.2. The van der Waals surface area contributed by atoms with E-state index in [2.05, 4.69) is 15.8 Å². The predicted molar refractivity (Wildman–Crippen MR) is 293 cm³/mol. The number of imidazole rings is 1. The van der Waals surface area contributed by atoms with Gasteiger partial charge in [0, 0.05) is 16.9 Å². The minimum Gasteiger partial charge on any atom is -0.457 e. The van der Waals surface area contributed by atoms with Crippen molar-refractivity contribution in [2.75, 3.05) is 16.8 Å². The fraction of sp³-hybridized carbons (Fsp3) is 0.259. The predicted octanol–water partition coefficient (Wildman–Crippen LogP) is 9.33. The molecule has 17 heteroatoms. The molecule has 2 aliphatic rings. The van der Waals surface area contributed by atoms with E-state index >= 15 is 0 Å². The molecule has 7 aromatic rings. The van der Waals surface area contributed by atoms with Crippen LogP contribution in [0.1, 0.15) is 74.2 Å². The number of rotatable bonds is 18. The number of esters is 2. The van der Waals surface area contributed by atoms with Crippen molar-refractivity contribution in [1.82, 2.24) is 19.8 Å². The van der Waals surface area contributed by atoms with Crippen molar-refractivity contribution in [2.24, 2.45) is 19.3 Å². The summed E-state index contributed by atoms with van der Waals surface area (Å²) in [6.07, 6.45) is 3.13. The minimum absolute atomic E-state index is 0.119. The van der Waals surface area contributed by atoms with Gasteiger partial charge in [-0.3, -0.25) is 14.5 Å². The molecule has 0 unspecified atom stereocenters. The van der Waals surface area contributed by atoms with E-state index < -0.39 is 58.0 Å². The van der Waals surface area contributed by atoms with Crippen molar-refractivity contribution >= 4 is 69.5 Å². The zero-order chi connectivity index (χ0) is 52.9. The van der Waals surface area contributed by atoms with Gasteiger partial charge in [0.25, 0.3) is 11.8 Å². The van der Waals surface area contributed by atoms with Crippen LogP contribution in [0.15, 0.2) is 191 Å². The number of anilines is 1. The average molecular weight is 1060 g/mol. The second-order valence-electron chi connectivity index (χ2n) is 19.6. The first-order valence-corrected chi connectivity index (χ1v) is 27.3. The highest BCUT2D eigenvalue weighted by Gasteiger charge is 2.55. The Kier molecular flexibility index (Phi) is 15.5. The molecule has 0 radical (unpaired) electrons. The largest absolute Gasteiger partial charge is 0.457 e. The third kappa shape index (κ3) is 11.3. The first kappa shape index (κ1) is 52.4. The quantitative estimate of drug-likeness (QED) is 0.0161. The molecule has 5 aromatic carbocycles. The van der Waals surface area contributed by atoms with Crippen molar-refractivity contribution in [3.8, 4) is 0 Å². The molecule has 0 spiro atoms. The van der Waals surface area contributed by atoms with E-state index in [0.717, 1.165) is 33.0 Å². The summed E-state index contributed by atoms with van der Waals surface area (Å²) in [5.74, 6) is -1.91. The third-order valence-electron chi connectivity index (χ3n) is 12.6. The van der Waals surface area contributed by atoms with Crippen LogP contribution in [0, 0.1) is 0 Å². The topological polar surface area (TPSA) is 157 Å². The lowest BCUT2D eigenvalue weighted by Crippen LogP contribution is -2.71. The molecule has 4 heterocycles. The highest BCUT2D eigenvalue weighted by atomic mass is 32.2. The Bertz CT molecular complexity index is 3080. The highest BCUT2D eigenvalue weighted by Crippen LogP contribution is 2.44. The van der Waals surface area contributed by atoms with Crippen molar-refractivity contribution in [3.05, 3.63) is 214 Å². The number of β-lactam (4-membered cyclic amide) rings is 1. The Balaban J connectivity index is 1.05. The van der Waals surface area contributed by atoms with Crippen molar-refractivity contribution < 1.29 is 38.1 Å². The fourth-order valence-corrected chi connectivity index (χ4v) is 12.2. The van der Waals surface area contributed by atoms with Gasteiger partial charge in [0.2, 0.25) is 5.60 Å². The number of oxime groups is 1. The normalized spacial score (nSPS) is 16.0. The van der Waals surface area contributed by atoms with Crippen LogP contribution in [-0.2, 0) is 53.1 Å². The molecule has 1 fully saturated rings. The molecule has 0 bridgehead atoms. The van der Waals surface area contributed by atoms with Crippen LogP contribution in [0.4, 0.5) is 5.13 Å². The molecule has 2 amide bonds. The van der Waals surface area contributed by atoms with Gasteiger partial charge in [-0.15, -0.1) is 23.1 Å². The van der Waals surface area contributed by atoms with Gasteiger partial charge >= 0.3 is 17.1 Å². The van der Waals surface area contributed by atoms with Gasteiger partial charge in [0.05, 0.1) is 14.1 Å². The Morgan fingerprint density at radius 2 is 1.35 bits per heavy atom. The maximum absolute atomic E-state index is 14.9. The standard InChI is InChI=1S/C58H57N7O7S3/c1-56(2,3)71-53(69)57(4,5)72-62-45(44-37-74-54(59-44)61-58(41-27-17-10-18-28-41,42-29-19-11-20-30-42)43-31-21-12-22-32-43)49(66)60-46-50(67)65-47(40(35-73-51(46)65)36-75-55-63(6)33-34-64(55)7)52(68)70-48(38-23-13-8-14-24-38)39-25-15-9-16-26-39/h8-34,37,46,48,51H,35-36H2,1-7H3,(H-,59,60,61,66)/p+1/b62-45-/t46-,51-/m1/s1. The number of benzene rings is 5. The Hall–Kier alpha value is -7.47. The van der Waals surface area contributed by atoms with E-state index in [4.69, 9.17) is 19.3 Å². The summed E-state index contributed by atoms with van der Waals surface area (Å²) in [6, 6.07) is 47.9. The Morgan fingerprint density at radius 3 is 1.85 bits per heavy atom. The molecule has 0 aliphatic carbocycles. The molecular formula is C58H58N7O7S3+. The lowest BCUT2D eigenvalue weighted by Gasteiger charge is -2.49. The van der Waals surface area contributed by atoms with Gasteiger partial charge < -0.3 is 24.9 Å². The zero-order valence-corrected chi connectivity index (χ0v) is 45.1. The number of aryl methyl sites for hydroxylation is 2. The number of carbonyl (C=O) groups excluding carboxylic acids is 4. The van der Waals surface area contributed by atoms with Crippen LogP contribution in [0.3, 0.4) is 0 Å². The molecule has 2 aromatic heterocycles. The Labute approximate surface area is 449 Å². The Morgan fingerprint density at radius 1 is 0.813 bits per heavy atom. The maximum Gasteiger partial charge on any atom is 0.356 e. The lowest BCUT2D eigenvalue weighted by molar-refractivity contribution is -0.709. The summed E-state index contributed by atoms with van der Waals surface area (Å²) in [6.45, 7) is 8.22. The van der Waals surface area contributed by atoms with Gasteiger partial charge in [-0.05, 0) is 79.8 Å². The third-order valence-corrected chi connectivity index (χ3v) is 16.0. The van der Waals surface area contributed by atoms with Gasteiger partial charge in [-0.2, -0.15) is 0 Å². The summed E-state index contributed by atoms with van der Waals surface area (Å²) < 4.78 is 16.1. The smallest absolute Gasteiger partial charge is 0.356 e. The van der Waals surface area contributed by atoms with Gasteiger partial charge in [0.1, 0.15) is 46.3 Å². The van der Waals surface area contributed by atoms with Gasteiger partial charge in [0.15, 0.2) is 16.9 Å². The van der Waals surface area contributed by atoms with E-state index in [1.54, 1.807) is 37.9 Å². The van der Waals surface area contributed by atoms with E-state index in [1.165, 1.54) is 41.8 Å². The van der Waals surface area contributed by atoms with Crippen LogP contribution >= 0.6 is 34.9 Å². The molecular weight excluding hydrogens is 1000 g/mol. The molecule has 2 aliphatic heterocycles. The number of carbonyl (C=O) groups is 4. The summed E-state index contributed by atoms with van der Waals surface area (Å²) >= 11 is 4.22. The maximum atomic E-state index is 14.9. The van der Waals surface area contributed by atoms with Crippen molar-refractivity contribution in [1.29, 1.82) is 0 Å². The van der Waals surface area contributed by atoms with Crippen molar-refractivity contribution in [2.45, 2.75) is 74.0 Å². The minimum atomic E-state index is -1.65. The molecule has 75 heavy (non-hydrogen) atoms. The van der Waals surface area contributed by atoms with Crippen LogP contribution in [0.25, 0.3) is 0 Å². The number of fused-ring (bicyclic) bond motifs is 1. The molecule has 0 saturated carbocycles. The van der Waals surface area contributed by atoms with Crippen LogP contribution in [-0.4, -0.2) is 78.0 Å². The molecule has 1 saturated heterocycles. The number of aromatic nitrogens is 3. The van der Waals surface area contributed by atoms with Gasteiger partial charge in [-0.1, -0.05) is 157 Å². The number of amides is 2. The van der Waals surface area contributed by atoms with Crippen LogP contribution < -0.4 is 15.2 Å². The zero-order valence-electron chi connectivity index (χ0n) is 42.6. The fourth-order valence-electron chi connectivity index (χ4n) is 8.85.